The molecular formula is C13H26N2O2. The van der Waals surface area contributed by atoms with Gasteiger partial charge in [-0.25, -0.2) is 0 Å². The summed E-state index contributed by atoms with van der Waals surface area (Å²) in [4.78, 5) is 13.5. The number of carbonyl (C=O) groups is 1. The molecule has 1 amide bonds. The topological polar surface area (TPSA) is 55.6 Å². The van der Waals surface area contributed by atoms with Gasteiger partial charge in [0.05, 0.1) is 6.61 Å². The van der Waals surface area contributed by atoms with E-state index in [-0.39, 0.29) is 12.5 Å². The molecule has 4 heteroatoms. The maximum absolute atomic E-state index is 11.7. The van der Waals surface area contributed by atoms with E-state index in [1.54, 1.807) is 4.90 Å². The SMILES string of the molecule is CCN(CC)C(=O)COCC1CCCC1CN. The largest absolute Gasteiger partial charge is 0.371 e. The number of hydrogen-bond donors (Lipinski definition) is 1. The minimum Gasteiger partial charge on any atom is -0.371 e. The van der Waals surface area contributed by atoms with E-state index in [1.807, 2.05) is 13.8 Å². The van der Waals surface area contributed by atoms with Crippen molar-refractivity contribution < 1.29 is 9.53 Å². The first-order chi connectivity index (χ1) is 8.22. The predicted octanol–water partition coefficient (Wildman–Crippen LogP) is 1.25. The van der Waals surface area contributed by atoms with Gasteiger partial charge in [-0.15, -0.1) is 0 Å². The van der Waals surface area contributed by atoms with Crippen molar-refractivity contribution in [2.75, 3.05) is 32.8 Å². The fourth-order valence-corrected chi connectivity index (χ4v) is 2.61. The van der Waals surface area contributed by atoms with Crippen molar-refractivity contribution in [1.82, 2.24) is 4.90 Å². The first kappa shape index (κ1) is 14.5. The monoisotopic (exact) mass is 242 g/mol. The van der Waals surface area contributed by atoms with E-state index in [0.29, 0.717) is 18.4 Å². The Balaban J connectivity index is 2.20. The lowest BCUT2D eigenvalue weighted by molar-refractivity contribution is -0.136. The van der Waals surface area contributed by atoms with Crippen LogP contribution in [0, 0.1) is 11.8 Å². The normalized spacial score (nSPS) is 23.9. The molecule has 0 aromatic rings. The molecule has 1 rings (SSSR count). The van der Waals surface area contributed by atoms with E-state index in [4.69, 9.17) is 10.5 Å². The third-order valence-corrected chi connectivity index (χ3v) is 3.79. The van der Waals surface area contributed by atoms with Crippen LogP contribution in [0.25, 0.3) is 0 Å². The van der Waals surface area contributed by atoms with E-state index in [1.165, 1.54) is 19.3 Å². The molecule has 0 radical (unpaired) electrons. The number of carbonyl (C=O) groups excluding carboxylic acids is 1. The van der Waals surface area contributed by atoms with Gasteiger partial charge >= 0.3 is 0 Å². The van der Waals surface area contributed by atoms with Crippen LogP contribution in [-0.2, 0) is 9.53 Å². The van der Waals surface area contributed by atoms with Gasteiger partial charge in [0.25, 0.3) is 0 Å². The first-order valence-electron chi connectivity index (χ1n) is 6.78. The number of hydrogen-bond acceptors (Lipinski definition) is 3. The van der Waals surface area contributed by atoms with E-state index in [9.17, 15) is 4.79 Å². The summed E-state index contributed by atoms with van der Waals surface area (Å²) in [5.74, 6) is 1.25. The number of likely N-dealkylation sites (N-methyl/N-ethyl adjacent to an activating group) is 1. The summed E-state index contributed by atoms with van der Waals surface area (Å²) in [6.45, 7) is 7.15. The molecule has 0 heterocycles. The van der Waals surface area contributed by atoms with Crippen LogP contribution >= 0.6 is 0 Å². The van der Waals surface area contributed by atoms with Gasteiger partial charge in [0.15, 0.2) is 0 Å². The minimum atomic E-state index is 0.0947. The fourth-order valence-electron chi connectivity index (χ4n) is 2.61. The molecule has 0 bridgehead atoms. The maximum atomic E-state index is 11.7. The molecule has 2 N–H and O–H groups in total. The molecule has 0 aromatic heterocycles. The van der Waals surface area contributed by atoms with E-state index in [2.05, 4.69) is 0 Å². The van der Waals surface area contributed by atoms with Crippen LogP contribution in [-0.4, -0.2) is 43.7 Å². The van der Waals surface area contributed by atoms with Crippen LogP contribution in [0.4, 0.5) is 0 Å². The van der Waals surface area contributed by atoms with Gasteiger partial charge in [0, 0.05) is 13.1 Å². The highest BCUT2D eigenvalue weighted by atomic mass is 16.5. The quantitative estimate of drug-likeness (QED) is 0.731. The lowest BCUT2D eigenvalue weighted by atomic mass is 9.97. The van der Waals surface area contributed by atoms with E-state index in [0.717, 1.165) is 19.6 Å². The van der Waals surface area contributed by atoms with E-state index >= 15 is 0 Å². The Bertz CT molecular complexity index is 229. The second kappa shape index (κ2) is 7.67. The average molecular weight is 242 g/mol. The molecular weight excluding hydrogens is 216 g/mol. The maximum Gasteiger partial charge on any atom is 0.248 e. The predicted molar refractivity (Wildman–Crippen MR) is 68.6 cm³/mol. The molecule has 0 aromatic carbocycles. The minimum absolute atomic E-state index is 0.0947. The molecule has 1 aliphatic rings. The highest BCUT2D eigenvalue weighted by Gasteiger charge is 2.26. The second-order valence-electron chi connectivity index (χ2n) is 4.77. The molecule has 2 atom stereocenters. The summed E-state index contributed by atoms with van der Waals surface area (Å²) in [5, 5.41) is 0. The van der Waals surface area contributed by atoms with Crippen LogP contribution in [0.5, 0.6) is 0 Å². The fraction of sp³-hybridized carbons (Fsp3) is 0.923. The first-order valence-corrected chi connectivity index (χ1v) is 6.78. The van der Waals surface area contributed by atoms with Gasteiger partial charge in [-0.1, -0.05) is 6.42 Å². The smallest absolute Gasteiger partial charge is 0.248 e. The summed E-state index contributed by atoms with van der Waals surface area (Å²) in [6, 6.07) is 0. The lowest BCUT2D eigenvalue weighted by Crippen LogP contribution is -2.34. The zero-order valence-corrected chi connectivity index (χ0v) is 11.2. The van der Waals surface area contributed by atoms with Crippen molar-refractivity contribution in [2.45, 2.75) is 33.1 Å². The summed E-state index contributed by atoms with van der Waals surface area (Å²) < 4.78 is 5.55. The molecule has 0 saturated heterocycles. The molecule has 1 fully saturated rings. The molecule has 1 saturated carbocycles. The summed E-state index contributed by atoms with van der Waals surface area (Å²) >= 11 is 0. The van der Waals surface area contributed by atoms with Crippen molar-refractivity contribution in [3.05, 3.63) is 0 Å². The standard InChI is InChI=1S/C13H26N2O2/c1-3-15(4-2)13(16)10-17-9-12-7-5-6-11(12)8-14/h11-12H,3-10,14H2,1-2H3. The number of nitrogens with two attached hydrogens (primary N) is 1. The van der Waals surface area contributed by atoms with Crippen LogP contribution in [0.2, 0.25) is 0 Å². The highest BCUT2D eigenvalue weighted by molar-refractivity contribution is 5.77. The van der Waals surface area contributed by atoms with Gasteiger partial charge in [-0.2, -0.15) is 0 Å². The highest BCUT2D eigenvalue weighted by Crippen LogP contribution is 2.30. The Morgan fingerprint density at radius 2 is 1.94 bits per heavy atom. The van der Waals surface area contributed by atoms with Crippen LogP contribution < -0.4 is 5.73 Å². The Morgan fingerprint density at radius 1 is 1.29 bits per heavy atom. The van der Waals surface area contributed by atoms with Crippen molar-refractivity contribution in [1.29, 1.82) is 0 Å². The van der Waals surface area contributed by atoms with Gasteiger partial charge in [0.2, 0.25) is 5.91 Å². The average Bonchev–Trinajstić information content (AvgIpc) is 2.78. The Morgan fingerprint density at radius 3 is 2.53 bits per heavy atom. The molecule has 4 nitrogen and oxygen atoms in total. The molecule has 0 spiro atoms. The van der Waals surface area contributed by atoms with Crippen LogP contribution in [0.3, 0.4) is 0 Å². The second-order valence-corrected chi connectivity index (χ2v) is 4.77. The number of amides is 1. The Kier molecular flexibility index (Phi) is 6.52. The Hall–Kier alpha value is -0.610. The molecule has 100 valence electrons. The summed E-state index contributed by atoms with van der Waals surface area (Å²) in [6.07, 6.45) is 3.66. The Labute approximate surface area is 104 Å². The zero-order chi connectivity index (χ0) is 12.7. The zero-order valence-electron chi connectivity index (χ0n) is 11.2. The van der Waals surface area contributed by atoms with E-state index < -0.39 is 0 Å². The van der Waals surface area contributed by atoms with Gasteiger partial charge in [-0.3, -0.25) is 4.79 Å². The molecule has 2 unspecified atom stereocenters. The molecule has 17 heavy (non-hydrogen) atoms. The summed E-state index contributed by atoms with van der Waals surface area (Å²) in [5.41, 5.74) is 5.72. The third kappa shape index (κ3) is 4.28. The van der Waals surface area contributed by atoms with Gasteiger partial charge in [-0.05, 0) is 45.1 Å². The number of ether oxygens (including phenoxy) is 1. The van der Waals surface area contributed by atoms with Crippen LogP contribution in [0.1, 0.15) is 33.1 Å². The number of rotatable bonds is 7. The van der Waals surface area contributed by atoms with Crippen molar-refractivity contribution in [3.63, 3.8) is 0 Å². The van der Waals surface area contributed by atoms with Crippen molar-refractivity contribution in [2.24, 2.45) is 17.6 Å². The van der Waals surface area contributed by atoms with Gasteiger partial charge < -0.3 is 15.4 Å². The molecule has 1 aliphatic carbocycles. The lowest BCUT2D eigenvalue weighted by Gasteiger charge is -2.21. The third-order valence-electron chi connectivity index (χ3n) is 3.79. The van der Waals surface area contributed by atoms with Crippen molar-refractivity contribution >= 4 is 5.91 Å². The number of nitrogens with zero attached hydrogens (tertiary/aromatic N) is 1. The van der Waals surface area contributed by atoms with Crippen molar-refractivity contribution in [3.8, 4) is 0 Å². The van der Waals surface area contributed by atoms with Crippen LogP contribution in [0.15, 0.2) is 0 Å². The molecule has 0 aliphatic heterocycles. The summed E-state index contributed by atoms with van der Waals surface area (Å²) in [7, 11) is 0. The van der Waals surface area contributed by atoms with Gasteiger partial charge in [0.1, 0.15) is 6.61 Å².